The summed E-state index contributed by atoms with van der Waals surface area (Å²) in [5.74, 6) is 0. The number of hydrogen-bond donors (Lipinski definition) is 3. The molecule has 5 nitrogen and oxygen atoms in total. The molecular formula is C10H22N2O3. The highest BCUT2D eigenvalue weighted by molar-refractivity contribution is 5.74. The molecule has 0 fully saturated rings. The minimum atomic E-state index is -0.211. The van der Waals surface area contributed by atoms with Crippen molar-refractivity contribution >= 4 is 6.03 Å². The third kappa shape index (κ3) is 11.1. The lowest BCUT2D eigenvalue weighted by Gasteiger charge is -2.20. The third-order valence-corrected chi connectivity index (χ3v) is 1.48. The summed E-state index contributed by atoms with van der Waals surface area (Å²) < 4.78 is 5.04. The van der Waals surface area contributed by atoms with Gasteiger partial charge in [0, 0.05) is 18.7 Å². The van der Waals surface area contributed by atoms with Crippen LogP contribution in [0.3, 0.4) is 0 Å². The molecule has 0 aliphatic carbocycles. The van der Waals surface area contributed by atoms with Crippen molar-refractivity contribution in [3.05, 3.63) is 0 Å². The number of carbonyl (C=O) groups is 1. The number of carbonyl (C=O) groups excluding carboxylic acids is 1. The second-order valence-electron chi connectivity index (χ2n) is 4.32. The van der Waals surface area contributed by atoms with Gasteiger partial charge in [-0.1, -0.05) is 0 Å². The summed E-state index contributed by atoms with van der Waals surface area (Å²) in [6, 6.07) is -0.162. The fourth-order valence-electron chi connectivity index (χ4n) is 0.928. The first kappa shape index (κ1) is 14.2. The third-order valence-electron chi connectivity index (χ3n) is 1.48. The van der Waals surface area contributed by atoms with Gasteiger partial charge < -0.3 is 20.5 Å². The van der Waals surface area contributed by atoms with Crippen molar-refractivity contribution in [2.24, 2.45) is 0 Å². The average Bonchev–Trinajstić information content (AvgIpc) is 2.08. The zero-order valence-electron chi connectivity index (χ0n) is 9.80. The van der Waals surface area contributed by atoms with Crippen LogP contribution < -0.4 is 10.6 Å². The van der Waals surface area contributed by atoms with E-state index in [1.54, 1.807) is 0 Å². The van der Waals surface area contributed by atoms with Crippen molar-refractivity contribution in [3.63, 3.8) is 0 Å². The molecule has 0 atom stereocenters. The lowest BCUT2D eigenvalue weighted by atomic mass is 10.1. The van der Waals surface area contributed by atoms with Gasteiger partial charge in [0.05, 0.1) is 13.2 Å². The van der Waals surface area contributed by atoms with E-state index in [9.17, 15) is 4.79 Å². The first-order valence-corrected chi connectivity index (χ1v) is 5.20. The van der Waals surface area contributed by atoms with Gasteiger partial charge in [-0.25, -0.2) is 4.79 Å². The molecule has 0 aliphatic heterocycles. The molecular weight excluding hydrogens is 196 g/mol. The SMILES string of the molecule is CC(C)(C)NC(=O)NCCCOCCO. The van der Waals surface area contributed by atoms with Gasteiger partial charge >= 0.3 is 6.03 Å². The van der Waals surface area contributed by atoms with Crippen LogP contribution in [0.25, 0.3) is 0 Å². The van der Waals surface area contributed by atoms with Crippen molar-refractivity contribution in [1.82, 2.24) is 10.6 Å². The lowest BCUT2D eigenvalue weighted by Crippen LogP contribution is -2.46. The number of hydrogen-bond acceptors (Lipinski definition) is 3. The van der Waals surface area contributed by atoms with E-state index in [0.717, 1.165) is 6.42 Å². The Morgan fingerprint density at radius 1 is 1.33 bits per heavy atom. The van der Waals surface area contributed by atoms with Gasteiger partial charge in [0.25, 0.3) is 0 Å². The molecule has 15 heavy (non-hydrogen) atoms. The van der Waals surface area contributed by atoms with Crippen LogP contribution in [0.4, 0.5) is 4.79 Å². The Labute approximate surface area is 91.2 Å². The molecule has 0 aromatic carbocycles. The van der Waals surface area contributed by atoms with E-state index >= 15 is 0 Å². The topological polar surface area (TPSA) is 70.6 Å². The fraction of sp³-hybridized carbons (Fsp3) is 0.900. The molecule has 0 spiro atoms. The van der Waals surface area contributed by atoms with Gasteiger partial charge in [-0.05, 0) is 27.2 Å². The highest BCUT2D eigenvalue weighted by Gasteiger charge is 2.12. The molecule has 90 valence electrons. The Bertz CT molecular complexity index is 178. The van der Waals surface area contributed by atoms with Crippen molar-refractivity contribution in [2.45, 2.75) is 32.7 Å². The Hall–Kier alpha value is -0.810. The predicted molar refractivity (Wildman–Crippen MR) is 58.8 cm³/mol. The summed E-state index contributed by atoms with van der Waals surface area (Å²) in [6.07, 6.45) is 0.748. The van der Waals surface area contributed by atoms with Crippen LogP contribution in [-0.2, 0) is 4.74 Å². The largest absolute Gasteiger partial charge is 0.394 e. The molecule has 0 aromatic heterocycles. The van der Waals surface area contributed by atoms with E-state index in [2.05, 4.69) is 10.6 Å². The quantitative estimate of drug-likeness (QED) is 0.568. The van der Waals surface area contributed by atoms with Crippen LogP contribution in [-0.4, -0.2) is 43.0 Å². The summed E-state index contributed by atoms with van der Waals surface area (Å²) in [6.45, 7) is 7.31. The van der Waals surface area contributed by atoms with E-state index in [1.165, 1.54) is 0 Å². The average molecular weight is 218 g/mol. The number of amides is 2. The van der Waals surface area contributed by atoms with Crippen molar-refractivity contribution in [3.8, 4) is 0 Å². The highest BCUT2D eigenvalue weighted by Crippen LogP contribution is 1.97. The molecule has 0 rings (SSSR count). The van der Waals surface area contributed by atoms with E-state index in [1.807, 2.05) is 20.8 Å². The highest BCUT2D eigenvalue weighted by atomic mass is 16.5. The monoisotopic (exact) mass is 218 g/mol. The molecule has 3 N–H and O–H groups in total. The van der Waals surface area contributed by atoms with Gasteiger partial charge in [0.1, 0.15) is 0 Å². The standard InChI is InChI=1S/C10H22N2O3/c1-10(2,3)12-9(14)11-5-4-7-15-8-6-13/h13H,4-8H2,1-3H3,(H2,11,12,14). The lowest BCUT2D eigenvalue weighted by molar-refractivity contribution is 0.0909. The summed E-state index contributed by atoms with van der Waals surface area (Å²) in [7, 11) is 0. The van der Waals surface area contributed by atoms with Crippen LogP contribution in [0.2, 0.25) is 0 Å². The molecule has 0 aliphatic rings. The van der Waals surface area contributed by atoms with Crippen LogP contribution in [0, 0.1) is 0 Å². The van der Waals surface area contributed by atoms with Crippen LogP contribution in [0.5, 0.6) is 0 Å². The Balaban J connectivity index is 3.32. The Morgan fingerprint density at radius 2 is 2.00 bits per heavy atom. The maximum absolute atomic E-state index is 11.2. The summed E-state index contributed by atoms with van der Waals surface area (Å²) in [5, 5.41) is 13.9. The first-order chi connectivity index (χ1) is 6.95. The molecule has 0 aromatic rings. The van der Waals surface area contributed by atoms with Crippen LogP contribution in [0.1, 0.15) is 27.2 Å². The molecule has 2 amide bonds. The van der Waals surface area contributed by atoms with Crippen molar-refractivity contribution < 1.29 is 14.6 Å². The minimum absolute atomic E-state index is 0.0396. The van der Waals surface area contributed by atoms with E-state index < -0.39 is 0 Å². The summed E-state index contributed by atoms with van der Waals surface area (Å²) >= 11 is 0. The van der Waals surface area contributed by atoms with Crippen molar-refractivity contribution in [1.29, 1.82) is 0 Å². The van der Waals surface area contributed by atoms with Crippen LogP contribution in [0.15, 0.2) is 0 Å². The summed E-state index contributed by atoms with van der Waals surface area (Å²) in [5.41, 5.74) is -0.211. The second-order valence-corrected chi connectivity index (χ2v) is 4.32. The van der Waals surface area contributed by atoms with Crippen LogP contribution >= 0.6 is 0 Å². The molecule has 0 radical (unpaired) electrons. The zero-order chi connectivity index (χ0) is 11.7. The van der Waals surface area contributed by atoms with Gasteiger partial charge in [-0.3, -0.25) is 0 Å². The van der Waals surface area contributed by atoms with Gasteiger partial charge in [-0.2, -0.15) is 0 Å². The number of rotatable bonds is 6. The zero-order valence-corrected chi connectivity index (χ0v) is 9.80. The molecule has 0 heterocycles. The summed E-state index contributed by atoms with van der Waals surface area (Å²) in [4.78, 5) is 11.2. The minimum Gasteiger partial charge on any atom is -0.394 e. The van der Waals surface area contributed by atoms with Gasteiger partial charge in [-0.15, -0.1) is 0 Å². The molecule has 0 saturated heterocycles. The molecule has 0 bridgehead atoms. The van der Waals surface area contributed by atoms with E-state index in [-0.39, 0.29) is 18.2 Å². The number of ether oxygens (including phenoxy) is 1. The van der Waals surface area contributed by atoms with Gasteiger partial charge in [0.15, 0.2) is 0 Å². The number of aliphatic hydroxyl groups is 1. The van der Waals surface area contributed by atoms with Crippen molar-refractivity contribution in [2.75, 3.05) is 26.4 Å². The fourth-order valence-corrected chi connectivity index (χ4v) is 0.928. The number of nitrogens with one attached hydrogen (secondary N) is 2. The van der Waals surface area contributed by atoms with E-state index in [4.69, 9.17) is 9.84 Å². The number of aliphatic hydroxyl groups excluding tert-OH is 1. The molecule has 0 unspecified atom stereocenters. The first-order valence-electron chi connectivity index (χ1n) is 5.20. The smallest absolute Gasteiger partial charge is 0.315 e. The Morgan fingerprint density at radius 3 is 2.53 bits per heavy atom. The normalized spacial score (nSPS) is 11.2. The number of urea groups is 1. The maximum Gasteiger partial charge on any atom is 0.315 e. The molecule has 0 saturated carbocycles. The predicted octanol–water partition coefficient (Wildman–Crippen LogP) is 0.483. The maximum atomic E-state index is 11.2. The molecule has 5 heteroatoms. The Kier molecular flexibility index (Phi) is 7.07. The van der Waals surface area contributed by atoms with Gasteiger partial charge in [0.2, 0.25) is 0 Å². The van der Waals surface area contributed by atoms with E-state index in [0.29, 0.717) is 19.8 Å². The second kappa shape index (κ2) is 7.48.